The Morgan fingerprint density at radius 1 is 1.07 bits per heavy atom. The summed E-state index contributed by atoms with van der Waals surface area (Å²) < 4.78 is 0. The number of rotatable bonds is 1. The zero-order valence-corrected chi connectivity index (χ0v) is 9.26. The first kappa shape index (κ1) is 12.1. The molecule has 0 spiro atoms. The highest BCUT2D eigenvalue weighted by Gasteiger charge is 2.15. The number of aromatic hydroxyl groups is 2. The number of piperidine rings is 1. The summed E-state index contributed by atoms with van der Waals surface area (Å²) in [6.07, 6.45) is 2.20. The summed E-state index contributed by atoms with van der Waals surface area (Å²) in [4.78, 5) is 0. The number of hydrogen-bond donors (Lipinski definition) is 3. The molecule has 0 amide bonds. The van der Waals surface area contributed by atoms with Crippen LogP contribution in [0.2, 0.25) is 0 Å². The second kappa shape index (κ2) is 5.24. The molecule has 2 rings (SSSR count). The first-order valence-electron chi connectivity index (χ1n) is 5.00. The van der Waals surface area contributed by atoms with E-state index in [1.165, 1.54) is 0 Å². The molecule has 0 saturated carbocycles. The van der Waals surface area contributed by atoms with Gasteiger partial charge >= 0.3 is 0 Å². The van der Waals surface area contributed by atoms with Crippen LogP contribution in [-0.2, 0) is 0 Å². The van der Waals surface area contributed by atoms with Crippen LogP contribution in [0.5, 0.6) is 11.5 Å². The average molecular weight is 230 g/mol. The predicted molar refractivity (Wildman–Crippen MR) is 61.9 cm³/mol. The Kier molecular flexibility index (Phi) is 4.24. The summed E-state index contributed by atoms with van der Waals surface area (Å²) in [5.41, 5.74) is 1.13. The van der Waals surface area contributed by atoms with Gasteiger partial charge in [0.05, 0.1) is 0 Å². The maximum atomic E-state index is 9.37. The van der Waals surface area contributed by atoms with Gasteiger partial charge in [-0.15, -0.1) is 12.4 Å². The van der Waals surface area contributed by atoms with Crippen molar-refractivity contribution in [3.8, 4) is 11.5 Å². The molecule has 84 valence electrons. The fourth-order valence-electron chi connectivity index (χ4n) is 1.95. The minimum absolute atomic E-state index is 0. The highest BCUT2D eigenvalue weighted by molar-refractivity contribution is 5.85. The van der Waals surface area contributed by atoms with Crippen molar-refractivity contribution in [3.05, 3.63) is 23.8 Å². The third-order valence-electron chi connectivity index (χ3n) is 2.81. The van der Waals surface area contributed by atoms with Gasteiger partial charge in [-0.1, -0.05) is 6.07 Å². The van der Waals surface area contributed by atoms with Crippen molar-refractivity contribution in [1.82, 2.24) is 5.32 Å². The summed E-state index contributed by atoms with van der Waals surface area (Å²) in [6.45, 7) is 2.07. The molecular weight excluding hydrogens is 214 g/mol. The van der Waals surface area contributed by atoms with E-state index in [0.29, 0.717) is 5.92 Å². The molecule has 1 heterocycles. The standard InChI is InChI=1S/C11H15NO2.ClH/c13-10-2-1-9(7-11(10)14)8-3-5-12-6-4-8;/h1-2,7-8,12-14H,3-6H2;1H. The largest absolute Gasteiger partial charge is 0.504 e. The van der Waals surface area contributed by atoms with Gasteiger partial charge in [0.1, 0.15) is 0 Å². The van der Waals surface area contributed by atoms with Crippen molar-refractivity contribution in [2.24, 2.45) is 0 Å². The van der Waals surface area contributed by atoms with Crippen molar-refractivity contribution in [2.75, 3.05) is 13.1 Å². The molecule has 3 N–H and O–H groups in total. The number of phenols is 2. The van der Waals surface area contributed by atoms with Crippen LogP contribution in [0.1, 0.15) is 24.3 Å². The molecule has 1 aliphatic heterocycles. The third-order valence-corrected chi connectivity index (χ3v) is 2.81. The summed E-state index contributed by atoms with van der Waals surface area (Å²) in [7, 11) is 0. The molecule has 0 atom stereocenters. The topological polar surface area (TPSA) is 52.5 Å². The Balaban J connectivity index is 0.00000112. The first-order valence-corrected chi connectivity index (χ1v) is 5.00. The molecule has 0 aliphatic carbocycles. The molecule has 1 aromatic rings. The predicted octanol–water partition coefficient (Wildman–Crippen LogP) is 1.99. The maximum Gasteiger partial charge on any atom is 0.157 e. The van der Waals surface area contributed by atoms with Crippen LogP contribution in [0.25, 0.3) is 0 Å². The van der Waals surface area contributed by atoms with E-state index in [0.717, 1.165) is 31.5 Å². The minimum atomic E-state index is -0.0392. The molecular formula is C11H16ClNO2. The van der Waals surface area contributed by atoms with Gasteiger partial charge in [0.15, 0.2) is 11.5 Å². The molecule has 1 aliphatic rings. The van der Waals surface area contributed by atoms with Gasteiger partial charge in [0.25, 0.3) is 0 Å². The van der Waals surface area contributed by atoms with E-state index >= 15 is 0 Å². The maximum absolute atomic E-state index is 9.37. The zero-order chi connectivity index (χ0) is 9.97. The van der Waals surface area contributed by atoms with E-state index in [-0.39, 0.29) is 23.9 Å². The highest BCUT2D eigenvalue weighted by Crippen LogP contribution is 2.32. The van der Waals surface area contributed by atoms with E-state index < -0.39 is 0 Å². The van der Waals surface area contributed by atoms with Crippen LogP contribution in [0.15, 0.2) is 18.2 Å². The summed E-state index contributed by atoms with van der Waals surface area (Å²) >= 11 is 0. The van der Waals surface area contributed by atoms with Crippen LogP contribution in [0.4, 0.5) is 0 Å². The van der Waals surface area contributed by atoms with Gasteiger partial charge in [-0.3, -0.25) is 0 Å². The quantitative estimate of drug-likeness (QED) is 0.646. The third kappa shape index (κ3) is 2.76. The van der Waals surface area contributed by atoms with Crippen LogP contribution in [0.3, 0.4) is 0 Å². The van der Waals surface area contributed by atoms with E-state index in [4.69, 9.17) is 0 Å². The Morgan fingerprint density at radius 2 is 1.73 bits per heavy atom. The molecule has 1 saturated heterocycles. The van der Waals surface area contributed by atoms with Crippen LogP contribution in [-0.4, -0.2) is 23.3 Å². The lowest BCUT2D eigenvalue weighted by atomic mass is 9.90. The smallest absolute Gasteiger partial charge is 0.157 e. The fourth-order valence-corrected chi connectivity index (χ4v) is 1.95. The summed E-state index contributed by atoms with van der Waals surface area (Å²) in [5, 5.41) is 21.8. The molecule has 0 unspecified atom stereocenters. The van der Waals surface area contributed by atoms with Crippen molar-refractivity contribution in [2.45, 2.75) is 18.8 Å². The number of benzene rings is 1. The van der Waals surface area contributed by atoms with Crippen molar-refractivity contribution >= 4 is 12.4 Å². The molecule has 4 heteroatoms. The SMILES string of the molecule is Cl.Oc1ccc(C2CCNCC2)cc1O. The highest BCUT2D eigenvalue weighted by atomic mass is 35.5. The van der Waals surface area contributed by atoms with E-state index in [1.54, 1.807) is 12.1 Å². The molecule has 0 aromatic heterocycles. The first-order chi connectivity index (χ1) is 6.77. The number of hydrogen-bond acceptors (Lipinski definition) is 3. The molecule has 3 nitrogen and oxygen atoms in total. The summed E-state index contributed by atoms with van der Waals surface area (Å²) in [6, 6.07) is 5.13. The van der Waals surface area contributed by atoms with E-state index in [2.05, 4.69) is 5.32 Å². The van der Waals surface area contributed by atoms with Gasteiger partial charge in [0.2, 0.25) is 0 Å². The number of halogens is 1. The van der Waals surface area contributed by atoms with E-state index in [1.807, 2.05) is 6.07 Å². The Bertz CT molecular complexity index is 324. The molecule has 15 heavy (non-hydrogen) atoms. The Labute approximate surface area is 95.5 Å². The van der Waals surface area contributed by atoms with Crippen LogP contribution < -0.4 is 5.32 Å². The van der Waals surface area contributed by atoms with E-state index in [9.17, 15) is 10.2 Å². The van der Waals surface area contributed by atoms with Crippen molar-refractivity contribution < 1.29 is 10.2 Å². The van der Waals surface area contributed by atoms with Gasteiger partial charge in [-0.2, -0.15) is 0 Å². The lowest BCUT2D eigenvalue weighted by Gasteiger charge is -2.23. The van der Waals surface area contributed by atoms with Crippen LogP contribution in [0, 0.1) is 0 Å². The molecule has 0 bridgehead atoms. The summed E-state index contributed by atoms with van der Waals surface area (Å²) in [5.74, 6) is 0.464. The molecule has 0 radical (unpaired) electrons. The second-order valence-corrected chi connectivity index (χ2v) is 3.77. The minimum Gasteiger partial charge on any atom is -0.504 e. The van der Waals surface area contributed by atoms with Gasteiger partial charge in [-0.05, 0) is 49.5 Å². The Morgan fingerprint density at radius 3 is 2.33 bits per heavy atom. The van der Waals surface area contributed by atoms with Gasteiger partial charge in [0, 0.05) is 0 Å². The van der Waals surface area contributed by atoms with Gasteiger partial charge in [-0.25, -0.2) is 0 Å². The molecule has 1 fully saturated rings. The zero-order valence-electron chi connectivity index (χ0n) is 8.44. The number of nitrogens with one attached hydrogen (secondary N) is 1. The van der Waals surface area contributed by atoms with Crippen molar-refractivity contribution in [1.29, 1.82) is 0 Å². The normalized spacial score (nSPS) is 17.1. The van der Waals surface area contributed by atoms with Crippen LogP contribution >= 0.6 is 12.4 Å². The second-order valence-electron chi connectivity index (χ2n) is 3.77. The lowest BCUT2D eigenvalue weighted by molar-refractivity contribution is 0.400. The average Bonchev–Trinajstić information content (AvgIpc) is 2.23. The number of phenolic OH excluding ortho intramolecular Hbond substituents is 2. The lowest BCUT2D eigenvalue weighted by Crippen LogP contribution is -2.26. The van der Waals surface area contributed by atoms with Crippen molar-refractivity contribution in [3.63, 3.8) is 0 Å². The molecule has 1 aromatic carbocycles. The Hall–Kier alpha value is -0.930. The van der Waals surface area contributed by atoms with Gasteiger partial charge < -0.3 is 15.5 Å². The fraction of sp³-hybridized carbons (Fsp3) is 0.455. The monoisotopic (exact) mass is 229 g/mol.